The molecular weight excluding hydrogens is 401 g/mol. The Hall–Kier alpha value is -3.09. The summed E-state index contributed by atoms with van der Waals surface area (Å²) in [5.74, 6) is -0.241. The molecule has 0 aliphatic carbocycles. The maximum atomic E-state index is 12.2. The topological polar surface area (TPSA) is 80.3 Å². The highest BCUT2D eigenvalue weighted by Crippen LogP contribution is 2.17. The molecule has 28 heavy (non-hydrogen) atoms. The number of nitrogens with zero attached hydrogens (tertiary/aromatic N) is 1. The zero-order valence-electron chi connectivity index (χ0n) is 14.5. The Kier molecular flexibility index (Phi) is 6.47. The predicted molar refractivity (Wildman–Crippen MR) is 106 cm³/mol. The second-order valence-electron chi connectivity index (χ2n) is 5.72. The molecule has 8 heteroatoms. The average Bonchev–Trinajstić information content (AvgIpc) is 2.71. The number of pyridine rings is 1. The fourth-order valence-corrected chi connectivity index (χ4v) is 2.55. The molecule has 0 unspecified atom stereocenters. The second-order valence-corrected chi connectivity index (χ2v) is 6.54. The quantitative estimate of drug-likeness (QED) is 0.486. The molecule has 0 aliphatic rings. The van der Waals surface area contributed by atoms with Crippen LogP contribution in [-0.4, -0.2) is 16.8 Å². The molecular formula is C20H15Cl2N3O3. The number of rotatable bonds is 5. The van der Waals surface area contributed by atoms with Gasteiger partial charge >= 0.3 is 0 Å². The van der Waals surface area contributed by atoms with Gasteiger partial charge in [-0.1, -0.05) is 35.3 Å². The van der Waals surface area contributed by atoms with Crippen LogP contribution in [0.1, 0.15) is 26.3 Å². The Morgan fingerprint density at radius 3 is 2.14 bits per heavy atom. The molecule has 2 N–H and O–H groups in total. The van der Waals surface area contributed by atoms with Gasteiger partial charge in [-0.2, -0.15) is 0 Å². The van der Waals surface area contributed by atoms with Crippen molar-refractivity contribution in [2.75, 3.05) is 0 Å². The summed E-state index contributed by atoms with van der Waals surface area (Å²) in [5.41, 5.74) is 6.25. The van der Waals surface area contributed by atoms with Crippen LogP contribution in [0, 0.1) is 0 Å². The number of carbonyl (C=O) groups is 2. The van der Waals surface area contributed by atoms with Gasteiger partial charge < -0.3 is 4.74 Å². The van der Waals surface area contributed by atoms with Crippen LogP contribution in [0.25, 0.3) is 0 Å². The van der Waals surface area contributed by atoms with E-state index in [0.717, 1.165) is 5.56 Å². The van der Waals surface area contributed by atoms with E-state index in [1.807, 2.05) is 0 Å². The predicted octanol–water partition coefficient (Wildman–Crippen LogP) is 4.04. The molecule has 0 spiro atoms. The van der Waals surface area contributed by atoms with Crippen LogP contribution >= 0.6 is 23.2 Å². The van der Waals surface area contributed by atoms with Gasteiger partial charge in [0.15, 0.2) is 0 Å². The molecule has 0 atom stereocenters. The first kappa shape index (κ1) is 19.7. The lowest BCUT2D eigenvalue weighted by Gasteiger charge is -2.09. The number of benzene rings is 2. The highest BCUT2D eigenvalue weighted by molar-refractivity contribution is 6.30. The Bertz CT molecular complexity index is 977. The van der Waals surface area contributed by atoms with Crippen molar-refractivity contribution in [2.45, 2.75) is 6.61 Å². The van der Waals surface area contributed by atoms with Crippen molar-refractivity contribution in [2.24, 2.45) is 0 Å². The van der Waals surface area contributed by atoms with Crippen LogP contribution in [0.4, 0.5) is 0 Å². The number of ether oxygens (including phenoxy) is 1. The fourth-order valence-electron chi connectivity index (χ4n) is 2.25. The smallest absolute Gasteiger partial charge is 0.269 e. The molecule has 3 aromatic rings. The van der Waals surface area contributed by atoms with Crippen LogP contribution in [0.2, 0.25) is 10.2 Å². The number of halogens is 2. The summed E-state index contributed by atoms with van der Waals surface area (Å²) in [6.45, 7) is 0.350. The molecule has 2 aromatic carbocycles. The van der Waals surface area contributed by atoms with E-state index >= 15 is 0 Å². The van der Waals surface area contributed by atoms with Crippen molar-refractivity contribution in [3.05, 3.63) is 93.7 Å². The third-order valence-corrected chi connectivity index (χ3v) is 4.17. The standard InChI is InChI=1S/C20H15Cl2N3O3/c21-16-5-7-17(8-6-16)28-12-13-1-3-14(4-2-13)19(26)24-25-20(27)15-9-10-23-18(22)11-15/h1-11H,12H2,(H,24,26)(H,25,27). The lowest BCUT2D eigenvalue weighted by Crippen LogP contribution is -2.41. The van der Waals surface area contributed by atoms with Gasteiger partial charge in [0.2, 0.25) is 0 Å². The average molecular weight is 416 g/mol. The zero-order chi connectivity index (χ0) is 19.9. The van der Waals surface area contributed by atoms with Gasteiger partial charge in [0.1, 0.15) is 17.5 Å². The van der Waals surface area contributed by atoms with Crippen molar-refractivity contribution < 1.29 is 14.3 Å². The summed E-state index contributed by atoms with van der Waals surface area (Å²) in [6, 6.07) is 16.8. The van der Waals surface area contributed by atoms with E-state index in [1.165, 1.54) is 18.3 Å². The van der Waals surface area contributed by atoms with Crippen LogP contribution in [0.3, 0.4) is 0 Å². The van der Waals surface area contributed by atoms with E-state index in [0.29, 0.717) is 22.9 Å². The molecule has 0 saturated heterocycles. The molecule has 0 aliphatic heterocycles. The van der Waals surface area contributed by atoms with Crippen LogP contribution in [0.5, 0.6) is 5.75 Å². The third-order valence-electron chi connectivity index (χ3n) is 3.71. The van der Waals surface area contributed by atoms with Crippen LogP contribution < -0.4 is 15.6 Å². The van der Waals surface area contributed by atoms with Gasteiger partial charge in [0.25, 0.3) is 11.8 Å². The summed E-state index contributed by atoms with van der Waals surface area (Å²) in [6.07, 6.45) is 1.41. The summed E-state index contributed by atoms with van der Waals surface area (Å²) in [7, 11) is 0. The third kappa shape index (κ3) is 5.45. The van der Waals surface area contributed by atoms with Crippen molar-refractivity contribution in [1.29, 1.82) is 0 Å². The van der Waals surface area contributed by atoms with E-state index < -0.39 is 11.8 Å². The first-order valence-electron chi connectivity index (χ1n) is 8.21. The number of aromatic nitrogens is 1. The van der Waals surface area contributed by atoms with Gasteiger partial charge in [-0.15, -0.1) is 0 Å². The largest absolute Gasteiger partial charge is 0.489 e. The highest BCUT2D eigenvalue weighted by atomic mass is 35.5. The molecule has 0 bridgehead atoms. The zero-order valence-corrected chi connectivity index (χ0v) is 16.0. The summed E-state index contributed by atoms with van der Waals surface area (Å²) in [5, 5.41) is 0.831. The molecule has 0 saturated carbocycles. The fraction of sp³-hybridized carbons (Fsp3) is 0.0500. The van der Waals surface area contributed by atoms with E-state index in [2.05, 4.69) is 15.8 Å². The number of carbonyl (C=O) groups excluding carboxylic acids is 2. The number of hydrogen-bond acceptors (Lipinski definition) is 4. The SMILES string of the molecule is O=C(NNC(=O)c1ccnc(Cl)c1)c1ccc(COc2ccc(Cl)cc2)cc1. The molecule has 142 valence electrons. The monoisotopic (exact) mass is 415 g/mol. The van der Waals surface area contributed by atoms with E-state index in [9.17, 15) is 9.59 Å². The highest BCUT2D eigenvalue weighted by Gasteiger charge is 2.10. The van der Waals surface area contributed by atoms with E-state index in [1.54, 1.807) is 48.5 Å². The van der Waals surface area contributed by atoms with Crippen molar-refractivity contribution in [1.82, 2.24) is 15.8 Å². The normalized spacial score (nSPS) is 10.2. The van der Waals surface area contributed by atoms with Gasteiger partial charge in [-0.3, -0.25) is 20.4 Å². The van der Waals surface area contributed by atoms with Gasteiger partial charge in [0.05, 0.1) is 0 Å². The lowest BCUT2D eigenvalue weighted by molar-refractivity contribution is 0.0846. The number of hydrazine groups is 1. The second kappa shape index (κ2) is 9.21. The van der Waals surface area contributed by atoms with Crippen molar-refractivity contribution in [3.63, 3.8) is 0 Å². The molecule has 2 amide bonds. The molecule has 6 nitrogen and oxygen atoms in total. The van der Waals surface area contributed by atoms with Gasteiger partial charge in [0, 0.05) is 22.3 Å². The molecule has 3 rings (SSSR count). The molecule has 0 radical (unpaired) electrons. The maximum absolute atomic E-state index is 12.2. The minimum atomic E-state index is -0.495. The number of amides is 2. The van der Waals surface area contributed by atoms with Gasteiger partial charge in [-0.05, 0) is 54.1 Å². The summed E-state index contributed by atoms with van der Waals surface area (Å²) >= 11 is 11.6. The first-order valence-corrected chi connectivity index (χ1v) is 8.96. The molecule has 0 fully saturated rings. The van der Waals surface area contributed by atoms with Crippen molar-refractivity contribution in [3.8, 4) is 5.75 Å². The Labute approximate surface area is 171 Å². The van der Waals surface area contributed by atoms with E-state index in [4.69, 9.17) is 27.9 Å². The Morgan fingerprint density at radius 2 is 1.50 bits per heavy atom. The van der Waals surface area contributed by atoms with Crippen molar-refractivity contribution >= 4 is 35.0 Å². The summed E-state index contributed by atoms with van der Waals surface area (Å²) < 4.78 is 5.65. The Balaban J connectivity index is 1.51. The summed E-state index contributed by atoms with van der Waals surface area (Å²) in [4.78, 5) is 27.9. The molecule has 1 aromatic heterocycles. The van der Waals surface area contributed by atoms with E-state index in [-0.39, 0.29) is 10.7 Å². The van der Waals surface area contributed by atoms with Crippen LogP contribution in [-0.2, 0) is 6.61 Å². The minimum absolute atomic E-state index is 0.190. The number of hydrogen-bond donors (Lipinski definition) is 2. The van der Waals surface area contributed by atoms with Crippen LogP contribution in [0.15, 0.2) is 66.9 Å². The maximum Gasteiger partial charge on any atom is 0.269 e. The van der Waals surface area contributed by atoms with Gasteiger partial charge in [-0.25, -0.2) is 4.98 Å². The molecule has 1 heterocycles. The minimum Gasteiger partial charge on any atom is -0.489 e. The Morgan fingerprint density at radius 1 is 0.857 bits per heavy atom. The number of nitrogens with one attached hydrogen (secondary N) is 2. The lowest BCUT2D eigenvalue weighted by atomic mass is 10.1. The first-order chi connectivity index (χ1) is 13.5.